The number of hydrogen-bond donors (Lipinski definition) is 1. The van der Waals surface area contributed by atoms with Gasteiger partial charge in [-0.1, -0.05) is 35.9 Å². The smallest absolute Gasteiger partial charge is 0.408 e. The van der Waals surface area contributed by atoms with Crippen molar-refractivity contribution < 1.29 is 12.8 Å². The third kappa shape index (κ3) is 2.86. The lowest BCUT2D eigenvalue weighted by atomic mass is 9.88. The molecule has 0 bridgehead atoms. The molecule has 1 heterocycles. The largest absolute Gasteiger partial charge is 0.419 e. The molecule has 0 aliphatic heterocycles. The van der Waals surface area contributed by atoms with Crippen LogP contribution >= 0.6 is 11.6 Å². The number of hydrogen-bond acceptors (Lipinski definition) is 4. The number of fused-ring (bicyclic) bond motifs is 2. The lowest BCUT2D eigenvalue weighted by molar-refractivity contribution is 0.506. The Hall–Kier alpha value is -2.09. The van der Waals surface area contributed by atoms with Crippen LogP contribution in [0.2, 0.25) is 5.02 Å². The minimum Gasteiger partial charge on any atom is -0.408 e. The van der Waals surface area contributed by atoms with Crippen molar-refractivity contribution in [2.75, 3.05) is 0 Å². The van der Waals surface area contributed by atoms with E-state index in [4.69, 9.17) is 16.0 Å². The standard InChI is InChI=1S/C18H17ClN2O4S/c1-21-15-9-13(19)17(10-16(15)25-18(21)22)26(23,24)20-14-8-4-6-11-5-2-3-7-12(11)14/h2-3,5,7,9-10,14,20H,4,6,8H2,1H3/t14-/m1/s1. The highest BCUT2D eigenvalue weighted by Crippen LogP contribution is 2.33. The Bertz CT molecular complexity index is 1160. The molecule has 0 saturated carbocycles. The van der Waals surface area contributed by atoms with Gasteiger partial charge < -0.3 is 4.42 Å². The summed E-state index contributed by atoms with van der Waals surface area (Å²) in [5, 5.41) is 0.0468. The molecule has 26 heavy (non-hydrogen) atoms. The summed E-state index contributed by atoms with van der Waals surface area (Å²) in [4.78, 5) is 11.6. The Kier molecular flexibility index (Phi) is 4.17. The van der Waals surface area contributed by atoms with E-state index in [1.807, 2.05) is 24.3 Å². The molecule has 0 amide bonds. The molecule has 0 spiro atoms. The van der Waals surface area contributed by atoms with Crippen LogP contribution in [-0.2, 0) is 23.5 Å². The highest BCUT2D eigenvalue weighted by atomic mass is 35.5. The summed E-state index contributed by atoms with van der Waals surface area (Å²) in [5.41, 5.74) is 2.78. The normalized spacial score (nSPS) is 17.4. The van der Waals surface area contributed by atoms with E-state index in [0.717, 1.165) is 30.4 Å². The Morgan fingerprint density at radius 3 is 2.85 bits per heavy atom. The van der Waals surface area contributed by atoms with Crippen LogP contribution < -0.4 is 10.5 Å². The fourth-order valence-corrected chi connectivity index (χ4v) is 5.25. The second-order valence-corrected chi connectivity index (χ2v) is 8.53. The van der Waals surface area contributed by atoms with Crippen molar-refractivity contribution in [2.24, 2.45) is 7.05 Å². The van der Waals surface area contributed by atoms with Crippen LogP contribution in [0.15, 0.2) is 50.5 Å². The Balaban J connectivity index is 1.75. The average molecular weight is 393 g/mol. The van der Waals surface area contributed by atoms with E-state index in [-0.39, 0.29) is 21.5 Å². The van der Waals surface area contributed by atoms with Crippen LogP contribution in [0.5, 0.6) is 0 Å². The summed E-state index contributed by atoms with van der Waals surface area (Å²) in [5.74, 6) is -0.570. The molecule has 2 aromatic carbocycles. The maximum absolute atomic E-state index is 12.9. The van der Waals surface area contributed by atoms with E-state index in [0.29, 0.717) is 5.52 Å². The van der Waals surface area contributed by atoms with E-state index in [2.05, 4.69) is 4.72 Å². The molecule has 0 fully saturated rings. The molecule has 3 aromatic rings. The third-order valence-corrected chi connectivity index (χ3v) is 6.74. The van der Waals surface area contributed by atoms with Gasteiger partial charge in [-0.15, -0.1) is 0 Å². The van der Waals surface area contributed by atoms with Gasteiger partial charge in [0, 0.05) is 19.2 Å². The number of nitrogens with zero attached hydrogens (tertiary/aromatic N) is 1. The average Bonchev–Trinajstić information content (AvgIpc) is 2.88. The second-order valence-electron chi connectivity index (χ2n) is 6.44. The number of sulfonamides is 1. The quantitative estimate of drug-likeness (QED) is 0.742. The zero-order valence-corrected chi connectivity index (χ0v) is 15.6. The van der Waals surface area contributed by atoms with Crippen molar-refractivity contribution in [3.8, 4) is 0 Å². The lowest BCUT2D eigenvalue weighted by Crippen LogP contribution is -2.31. The first-order valence-corrected chi connectivity index (χ1v) is 10.1. The molecule has 1 aromatic heterocycles. The van der Waals surface area contributed by atoms with Crippen molar-refractivity contribution in [2.45, 2.75) is 30.2 Å². The van der Waals surface area contributed by atoms with E-state index in [1.165, 1.54) is 23.7 Å². The molecule has 1 N–H and O–H groups in total. The topological polar surface area (TPSA) is 81.3 Å². The van der Waals surface area contributed by atoms with Crippen LogP contribution in [0, 0.1) is 0 Å². The maximum Gasteiger partial charge on any atom is 0.419 e. The maximum atomic E-state index is 12.9. The number of aromatic nitrogens is 1. The lowest BCUT2D eigenvalue weighted by Gasteiger charge is -2.26. The zero-order valence-electron chi connectivity index (χ0n) is 14.0. The molecule has 0 saturated heterocycles. The van der Waals surface area contributed by atoms with Crippen LogP contribution in [0.1, 0.15) is 30.0 Å². The summed E-state index contributed by atoms with van der Waals surface area (Å²) in [6.07, 6.45) is 2.57. The second kappa shape index (κ2) is 6.26. The fraction of sp³-hybridized carbons (Fsp3) is 0.278. The van der Waals surface area contributed by atoms with Gasteiger partial charge >= 0.3 is 5.76 Å². The monoisotopic (exact) mass is 392 g/mol. The molecule has 8 heteroatoms. The molecule has 0 unspecified atom stereocenters. The summed E-state index contributed by atoms with van der Waals surface area (Å²) < 4.78 is 35.0. The zero-order chi connectivity index (χ0) is 18.5. The summed E-state index contributed by atoms with van der Waals surface area (Å²) in [6, 6.07) is 10.3. The SMILES string of the molecule is Cn1c(=O)oc2cc(S(=O)(=O)N[C@@H]3CCCc4ccccc43)c(Cl)cc21. The van der Waals surface area contributed by atoms with Crippen LogP contribution in [0.3, 0.4) is 0 Å². The van der Waals surface area contributed by atoms with Crippen LogP contribution in [-0.4, -0.2) is 13.0 Å². The number of halogens is 1. The molecule has 1 aliphatic carbocycles. The van der Waals surface area contributed by atoms with E-state index in [1.54, 1.807) is 0 Å². The van der Waals surface area contributed by atoms with Crippen molar-refractivity contribution >= 4 is 32.7 Å². The molecular formula is C18H17ClN2O4S. The van der Waals surface area contributed by atoms with Crippen LogP contribution in [0.4, 0.5) is 0 Å². The van der Waals surface area contributed by atoms with Gasteiger partial charge in [0.2, 0.25) is 10.0 Å². The van der Waals surface area contributed by atoms with E-state index in [9.17, 15) is 13.2 Å². The first-order valence-electron chi connectivity index (χ1n) is 8.26. The molecule has 136 valence electrons. The minimum absolute atomic E-state index is 0.0468. The number of benzene rings is 2. The van der Waals surface area contributed by atoms with Gasteiger partial charge in [0.25, 0.3) is 0 Å². The Labute approximate surface area is 155 Å². The minimum atomic E-state index is -3.88. The molecule has 4 rings (SSSR count). The molecule has 1 aliphatic rings. The molecule has 6 nitrogen and oxygen atoms in total. The number of rotatable bonds is 3. The highest BCUT2D eigenvalue weighted by Gasteiger charge is 2.28. The predicted octanol–water partition coefficient (Wildman–Crippen LogP) is 3.14. The number of nitrogens with one attached hydrogen (secondary N) is 1. The first-order chi connectivity index (χ1) is 12.4. The fourth-order valence-electron chi connectivity index (χ4n) is 3.46. The highest BCUT2D eigenvalue weighted by molar-refractivity contribution is 7.89. The van der Waals surface area contributed by atoms with Crippen molar-refractivity contribution in [1.82, 2.24) is 9.29 Å². The molecule has 0 radical (unpaired) electrons. The Morgan fingerprint density at radius 2 is 2.04 bits per heavy atom. The predicted molar refractivity (Wildman–Crippen MR) is 98.9 cm³/mol. The number of aryl methyl sites for hydroxylation is 2. The first kappa shape index (κ1) is 17.3. The third-order valence-electron chi connectivity index (χ3n) is 4.80. The van der Waals surface area contributed by atoms with Crippen LogP contribution in [0.25, 0.3) is 11.1 Å². The van der Waals surface area contributed by atoms with Crippen molar-refractivity contribution in [3.05, 3.63) is 63.1 Å². The van der Waals surface area contributed by atoms with Crippen molar-refractivity contribution in [3.63, 3.8) is 0 Å². The number of oxazole rings is 1. The van der Waals surface area contributed by atoms with Gasteiger partial charge in [-0.05, 0) is 36.5 Å². The van der Waals surface area contributed by atoms with Crippen molar-refractivity contribution in [1.29, 1.82) is 0 Å². The van der Waals surface area contributed by atoms with Gasteiger partial charge in [0.05, 0.1) is 10.5 Å². The van der Waals surface area contributed by atoms with Gasteiger partial charge in [-0.25, -0.2) is 17.9 Å². The van der Waals surface area contributed by atoms with Gasteiger partial charge in [0.1, 0.15) is 4.90 Å². The van der Waals surface area contributed by atoms with Gasteiger partial charge in [0.15, 0.2) is 5.58 Å². The van der Waals surface area contributed by atoms with Gasteiger partial charge in [-0.2, -0.15) is 0 Å². The summed E-state index contributed by atoms with van der Waals surface area (Å²) in [7, 11) is -2.34. The summed E-state index contributed by atoms with van der Waals surface area (Å²) >= 11 is 6.21. The van der Waals surface area contributed by atoms with Gasteiger partial charge in [-0.3, -0.25) is 4.57 Å². The van der Waals surface area contributed by atoms with E-state index >= 15 is 0 Å². The van der Waals surface area contributed by atoms with E-state index < -0.39 is 15.8 Å². The summed E-state index contributed by atoms with van der Waals surface area (Å²) in [6.45, 7) is 0. The Morgan fingerprint density at radius 1 is 1.27 bits per heavy atom. The molecular weight excluding hydrogens is 376 g/mol. The molecule has 1 atom stereocenters.